The van der Waals surface area contributed by atoms with Crippen LogP contribution in [0.15, 0.2) is 72.8 Å². The van der Waals surface area contributed by atoms with E-state index in [0.717, 1.165) is 4.90 Å². The summed E-state index contributed by atoms with van der Waals surface area (Å²) in [5.74, 6) is -3.45. The molecule has 0 radical (unpaired) electrons. The molecule has 0 aromatic heterocycles. The standard InChI is InChI=1S/C27H19Cl3N2O3/c1-14(23(33)31-20-13-7-6-12-19(20)28)32-24(34)21-22(25(32)35)27(30)16-9-3-2-8-15(16)26(21,29)17-10-4-5-11-18(17)27/h2-14,21-22H,1H3,(H,31,33)/t14-,21-,22+,26?,27?/m0/s1. The van der Waals surface area contributed by atoms with Gasteiger partial charge < -0.3 is 5.32 Å². The highest BCUT2D eigenvalue weighted by molar-refractivity contribution is 6.36. The van der Waals surface area contributed by atoms with Crippen LogP contribution in [0.2, 0.25) is 5.02 Å². The normalized spacial score (nSPS) is 28.9. The van der Waals surface area contributed by atoms with E-state index in [4.69, 9.17) is 34.8 Å². The number of nitrogens with one attached hydrogen (secondary N) is 1. The number of carbonyl (C=O) groups excluding carboxylic acids is 3. The van der Waals surface area contributed by atoms with Crippen molar-refractivity contribution < 1.29 is 14.4 Å². The first-order chi connectivity index (χ1) is 16.7. The van der Waals surface area contributed by atoms with Crippen molar-refractivity contribution in [2.45, 2.75) is 22.7 Å². The van der Waals surface area contributed by atoms with Crippen molar-refractivity contribution in [3.05, 3.63) is 100 Å². The molecule has 35 heavy (non-hydrogen) atoms. The smallest absolute Gasteiger partial charge is 0.247 e. The molecule has 1 saturated heterocycles. The van der Waals surface area contributed by atoms with Gasteiger partial charge in [0.2, 0.25) is 17.7 Å². The topological polar surface area (TPSA) is 66.5 Å². The van der Waals surface area contributed by atoms with E-state index >= 15 is 0 Å². The highest BCUT2D eigenvalue weighted by atomic mass is 35.5. The van der Waals surface area contributed by atoms with Crippen LogP contribution in [-0.4, -0.2) is 28.7 Å². The highest BCUT2D eigenvalue weighted by Gasteiger charge is 2.73. The average Bonchev–Trinajstić information content (AvgIpc) is 3.14. The predicted molar refractivity (Wildman–Crippen MR) is 135 cm³/mol. The van der Waals surface area contributed by atoms with Gasteiger partial charge in [-0.25, -0.2) is 0 Å². The lowest BCUT2D eigenvalue weighted by atomic mass is 9.54. The molecule has 5 nitrogen and oxygen atoms in total. The van der Waals surface area contributed by atoms with Crippen LogP contribution in [-0.2, 0) is 24.1 Å². The molecule has 0 unspecified atom stereocenters. The number of hydrogen-bond acceptors (Lipinski definition) is 3. The number of imide groups is 1. The first kappa shape index (κ1) is 22.6. The maximum atomic E-state index is 13.9. The minimum atomic E-state index is -1.28. The Kier molecular flexibility index (Phi) is 4.89. The Bertz CT molecular complexity index is 1320. The molecule has 7 rings (SSSR count). The number of hydrogen-bond donors (Lipinski definition) is 1. The van der Waals surface area contributed by atoms with E-state index in [2.05, 4.69) is 5.32 Å². The summed E-state index contributed by atoms with van der Waals surface area (Å²) >= 11 is 21.0. The van der Waals surface area contributed by atoms with Crippen molar-refractivity contribution in [3.8, 4) is 0 Å². The molecule has 1 heterocycles. The fraction of sp³-hybridized carbons (Fsp3) is 0.222. The first-order valence-electron chi connectivity index (χ1n) is 11.2. The zero-order valence-corrected chi connectivity index (χ0v) is 20.7. The van der Waals surface area contributed by atoms with Gasteiger partial charge in [-0.1, -0.05) is 72.3 Å². The minimum Gasteiger partial charge on any atom is -0.323 e. The molecule has 3 aliphatic carbocycles. The van der Waals surface area contributed by atoms with E-state index in [1.54, 1.807) is 24.3 Å². The highest BCUT2D eigenvalue weighted by Crippen LogP contribution is 2.69. The Morgan fingerprint density at radius 1 is 0.800 bits per heavy atom. The van der Waals surface area contributed by atoms with Crippen molar-refractivity contribution in [2.24, 2.45) is 11.8 Å². The third-order valence-corrected chi connectivity index (χ3v) is 9.13. The molecule has 3 amide bonds. The van der Waals surface area contributed by atoms with Crippen LogP contribution in [0.3, 0.4) is 0 Å². The van der Waals surface area contributed by atoms with Crippen LogP contribution >= 0.6 is 34.8 Å². The molecule has 1 N–H and O–H groups in total. The second-order valence-corrected chi connectivity index (χ2v) is 10.8. The second kappa shape index (κ2) is 7.57. The Morgan fingerprint density at radius 3 is 1.63 bits per heavy atom. The van der Waals surface area contributed by atoms with Gasteiger partial charge in [-0.3, -0.25) is 19.3 Å². The van der Waals surface area contributed by atoms with E-state index < -0.39 is 45.3 Å². The predicted octanol–water partition coefficient (Wildman–Crippen LogP) is 5.26. The number of rotatable bonds is 3. The molecule has 176 valence electrons. The number of halogens is 3. The van der Waals surface area contributed by atoms with Gasteiger partial charge in [0.15, 0.2) is 0 Å². The molecule has 4 aliphatic rings. The molecule has 0 spiro atoms. The Morgan fingerprint density at radius 2 is 1.20 bits per heavy atom. The van der Waals surface area contributed by atoms with Gasteiger partial charge in [0.05, 0.1) is 22.5 Å². The van der Waals surface area contributed by atoms with E-state index in [1.807, 2.05) is 48.5 Å². The van der Waals surface area contributed by atoms with Gasteiger partial charge >= 0.3 is 0 Å². The summed E-state index contributed by atoms with van der Waals surface area (Å²) < 4.78 is 0. The number of amides is 3. The molecule has 1 fully saturated rings. The zero-order chi connectivity index (χ0) is 24.7. The number of nitrogens with zero attached hydrogens (tertiary/aromatic N) is 1. The van der Waals surface area contributed by atoms with E-state index in [9.17, 15) is 14.4 Å². The largest absolute Gasteiger partial charge is 0.323 e. The van der Waals surface area contributed by atoms with Gasteiger partial charge in [-0.05, 0) is 41.3 Å². The SMILES string of the molecule is C[C@@H](C(=O)Nc1ccccc1Cl)N1C(=O)[C@@H]2[C@H](C1=O)C1(Cl)c3ccccc3C2(Cl)c2ccccc21. The van der Waals surface area contributed by atoms with Crippen molar-refractivity contribution in [1.82, 2.24) is 4.90 Å². The molecule has 3 aromatic rings. The Balaban J connectivity index is 1.46. The summed E-state index contributed by atoms with van der Waals surface area (Å²) in [4.78, 5) is 39.5. The molecule has 1 aliphatic heterocycles. The number of alkyl halides is 2. The van der Waals surface area contributed by atoms with Gasteiger partial charge in [0.25, 0.3) is 0 Å². The van der Waals surface area contributed by atoms with Crippen molar-refractivity contribution in [2.75, 3.05) is 5.32 Å². The molecule has 3 aromatic carbocycles. The first-order valence-corrected chi connectivity index (χ1v) is 12.4. The van der Waals surface area contributed by atoms with Crippen LogP contribution in [0.5, 0.6) is 0 Å². The van der Waals surface area contributed by atoms with E-state index in [-0.39, 0.29) is 0 Å². The molecular formula is C27H19Cl3N2O3. The molecule has 0 saturated carbocycles. The second-order valence-electron chi connectivity index (χ2n) is 9.16. The maximum absolute atomic E-state index is 13.9. The molecule has 2 bridgehead atoms. The number of para-hydroxylation sites is 1. The summed E-state index contributed by atoms with van der Waals surface area (Å²) in [6.45, 7) is 1.52. The Hall–Kier alpha value is -2.86. The van der Waals surface area contributed by atoms with Crippen LogP contribution < -0.4 is 5.32 Å². The van der Waals surface area contributed by atoms with Crippen molar-refractivity contribution in [1.29, 1.82) is 0 Å². The van der Waals surface area contributed by atoms with E-state index in [0.29, 0.717) is 33.0 Å². The summed E-state index contributed by atoms with van der Waals surface area (Å²) in [5.41, 5.74) is 3.26. The summed E-state index contributed by atoms with van der Waals surface area (Å²) in [6.07, 6.45) is 0. The number of carbonyl (C=O) groups is 3. The minimum absolute atomic E-state index is 0.351. The van der Waals surface area contributed by atoms with Gasteiger partial charge in [0, 0.05) is 0 Å². The quantitative estimate of drug-likeness (QED) is 0.375. The molecule has 3 atom stereocenters. The lowest BCUT2D eigenvalue weighted by Crippen LogP contribution is -2.57. The number of anilines is 1. The van der Waals surface area contributed by atoms with Crippen LogP contribution in [0.1, 0.15) is 29.2 Å². The monoisotopic (exact) mass is 524 g/mol. The van der Waals surface area contributed by atoms with Crippen molar-refractivity contribution >= 4 is 58.2 Å². The maximum Gasteiger partial charge on any atom is 0.247 e. The van der Waals surface area contributed by atoms with Gasteiger partial charge in [0.1, 0.15) is 15.8 Å². The summed E-state index contributed by atoms with van der Waals surface area (Å²) in [6, 6.07) is 20.5. The van der Waals surface area contributed by atoms with Crippen LogP contribution in [0.25, 0.3) is 0 Å². The Labute approximate surface area is 217 Å². The van der Waals surface area contributed by atoms with Crippen LogP contribution in [0.4, 0.5) is 5.69 Å². The third kappa shape index (κ3) is 2.75. The van der Waals surface area contributed by atoms with Gasteiger partial charge in [-0.2, -0.15) is 0 Å². The lowest BCUT2D eigenvalue weighted by Gasteiger charge is -2.54. The van der Waals surface area contributed by atoms with Crippen LogP contribution in [0, 0.1) is 11.8 Å². The van der Waals surface area contributed by atoms with E-state index in [1.165, 1.54) is 6.92 Å². The number of benzene rings is 3. The molecule has 8 heteroatoms. The lowest BCUT2D eigenvalue weighted by molar-refractivity contribution is -0.146. The average molecular weight is 526 g/mol. The summed E-state index contributed by atoms with van der Waals surface area (Å²) in [5, 5.41) is 3.07. The number of likely N-dealkylation sites (tertiary alicyclic amines) is 1. The fourth-order valence-electron chi connectivity index (χ4n) is 5.99. The van der Waals surface area contributed by atoms with Gasteiger partial charge in [-0.15, -0.1) is 23.2 Å². The summed E-state index contributed by atoms with van der Waals surface area (Å²) in [7, 11) is 0. The third-order valence-electron chi connectivity index (χ3n) is 7.52. The zero-order valence-electron chi connectivity index (χ0n) is 18.5. The molecular weight excluding hydrogens is 507 g/mol. The fourth-order valence-corrected chi connectivity index (χ4v) is 7.27. The van der Waals surface area contributed by atoms with Crippen molar-refractivity contribution in [3.63, 3.8) is 0 Å².